The Morgan fingerprint density at radius 3 is 2.90 bits per heavy atom. The average molecular weight is 304 g/mol. The van der Waals surface area contributed by atoms with Gasteiger partial charge in [0.15, 0.2) is 0 Å². The van der Waals surface area contributed by atoms with E-state index in [1.807, 2.05) is 29.9 Å². The zero-order chi connectivity index (χ0) is 14.8. The maximum absolute atomic E-state index is 14.0. The molecule has 0 amide bonds. The van der Waals surface area contributed by atoms with Gasteiger partial charge in [0.05, 0.1) is 6.54 Å². The number of benzene rings is 1. The highest BCUT2D eigenvalue weighted by molar-refractivity contribution is 6.31. The molecular weight excluding hydrogens is 289 g/mol. The Morgan fingerprint density at radius 1 is 1.29 bits per heavy atom. The molecule has 2 aromatic heterocycles. The Bertz CT molecular complexity index is 762. The summed E-state index contributed by atoms with van der Waals surface area (Å²) in [5.74, 6) is -0.296. The predicted molar refractivity (Wildman–Crippen MR) is 83.0 cm³/mol. The van der Waals surface area contributed by atoms with Crippen molar-refractivity contribution < 1.29 is 4.39 Å². The molecule has 0 radical (unpaired) electrons. The summed E-state index contributed by atoms with van der Waals surface area (Å²) in [6, 6.07) is 8.67. The molecule has 5 heteroatoms. The van der Waals surface area contributed by atoms with E-state index in [4.69, 9.17) is 11.6 Å². The van der Waals surface area contributed by atoms with Crippen LogP contribution >= 0.6 is 11.6 Å². The van der Waals surface area contributed by atoms with E-state index < -0.39 is 0 Å². The van der Waals surface area contributed by atoms with Gasteiger partial charge in [-0.1, -0.05) is 17.7 Å². The number of hydrogen-bond acceptors (Lipinski definition) is 2. The van der Waals surface area contributed by atoms with Crippen molar-refractivity contribution in [3.8, 4) is 0 Å². The van der Waals surface area contributed by atoms with Crippen LogP contribution in [-0.4, -0.2) is 16.6 Å². The zero-order valence-corrected chi connectivity index (χ0v) is 12.4. The summed E-state index contributed by atoms with van der Waals surface area (Å²) in [7, 11) is 1.90. The first-order chi connectivity index (χ1) is 10.2. The molecule has 0 spiro atoms. The lowest BCUT2D eigenvalue weighted by molar-refractivity contribution is 0.601. The van der Waals surface area contributed by atoms with Gasteiger partial charge in [-0.05, 0) is 36.9 Å². The largest absolute Gasteiger partial charge is 0.328 e. The molecule has 0 aliphatic carbocycles. The van der Waals surface area contributed by atoms with Gasteiger partial charge in [0, 0.05) is 34.9 Å². The van der Waals surface area contributed by atoms with Crippen LogP contribution in [0.2, 0.25) is 5.02 Å². The van der Waals surface area contributed by atoms with Crippen LogP contribution in [0.3, 0.4) is 0 Å². The van der Waals surface area contributed by atoms with Crippen LogP contribution in [0, 0.1) is 5.82 Å². The van der Waals surface area contributed by atoms with Crippen molar-refractivity contribution in [3.63, 3.8) is 0 Å². The number of pyridine rings is 1. The quantitative estimate of drug-likeness (QED) is 0.798. The van der Waals surface area contributed by atoms with E-state index in [1.165, 1.54) is 6.07 Å². The van der Waals surface area contributed by atoms with Crippen molar-refractivity contribution in [3.05, 3.63) is 64.7 Å². The van der Waals surface area contributed by atoms with Crippen molar-refractivity contribution in [2.45, 2.75) is 13.1 Å². The van der Waals surface area contributed by atoms with Gasteiger partial charge < -0.3 is 9.88 Å². The van der Waals surface area contributed by atoms with Gasteiger partial charge in [-0.2, -0.15) is 0 Å². The van der Waals surface area contributed by atoms with Crippen LogP contribution in [0.1, 0.15) is 11.1 Å². The number of fused-ring (bicyclic) bond motifs is 1. The van der Waals surface area contributed by atoms with Gasteiger partial charge in [-0.15, -0.1) is 0 Å². The number of nitrogens with one attached hydrogen (secondary N) is 1. The molecule has 1 aromatic carbocycles. The summed E-state index contributed by atoms with van der Waals surface area (Å²) >= 11 is 6.11. The summed E-state index contributed by atoms with van der Waals surface area (Å²) in [5.41, 5.74) is 2.45. The molecule has 2 heterocycles. The van der Waals surface area contributed by atoms with E-state index in [0.29, 0.717) is 17.1 Å². The number of rotatable bonds is 4. The summed E-state index contributed by atoms with van der Waals surface area (Å²) < 4.78 is 15.9. The lowest BCUT2D eigenvalue weighted by Gasteiger charge is -2.08. The molecule has 0 atom stereocenters. The van der Waals surface area contributed by atoms with Gasteiger partial charge in [-0.3, -0.25) is 0 Å². The SMILES string of the molecule is CNCc1cn(Cc2c(F)cccc2Cl)c2ncccc12. The monoisotopic (exact) mass is 303 g/mol. The molecule has 0 fully saturated rings. The Morgan fingerprint density at radius 2 is 2.14 bits per heavy atom. The summed E-state index contributed by atoms with van der Waals surface area (Å²) in [6.45, 7) is 1.10. The minimum absolute atomic E-state index is 0.296. The predicted octanol–water partition coefficient (Wildman–Crippen LogP) is 3.60. The maximum atomic E-state index is 14.0. The van der Waals surface area contributed by atoms with Crippen molar-refractivity contribution in [1.29, 1.82) is 0 Å². The average Bonchev–Trinajstić information content (AvgIpc) is 2.82. The second-order valence-electron chi connectivity index (χ2n) is 4.89. The van der Waals surface area contributed by atoms with E-state index in [-0.39, 0.29) is 5.82 Å². The molecule has 1 N–H and O–H groups in total. The normalized spacial score (nSPS) is 11.2. The minimum atomic E-state index is -0.296. The molecule has 0 bridgehead atoms. The number of hydrogen-bond donors (Lipinski definition) is 1. The smallest absolute Gasteiger partial charge is 0.140 e. The van der Waals surface area contributed by atoms with Gasteiger partial charge >= 0.3 is 0 Å². The molecule has 0 aliphatic rings. The molecule has 0 saturated heterocycles. The topological polar surface area (TPSA) is 29.9 Å². The second-order valence-corrected chi connectivity index (χ2v) is 5.29. The van der Waals surface area contributed by atoms with Crippen LogP contribution in [0.4, 0.5) is 4.39 Å². The zero-order valence-electron chi connectivity index (χ0n) is 11.6. The van der Waals surface area contributed by atoms with Gasteiger partial charge in [0.25, 0.3) is 0 Å². The van der Waals surface area contributed by atoms with Gasteiger partial charge in [0.2, 0.25) is 0 Å². The molecule has 108 valence electrons. The van der Waals surface area contributed by atoms with Crippen LogP contribution in [0.15, 0.2) is 42.7 Å². The highest BCUT2D eigenvalue weighted by Gasteiger charge is 2.12. The Labute approximate surface area is 127 Å². The summed E-state index contributed by atoms with van der Waals surface area (Å²) in [6.07, 6.45) is 3.74. The molecule has 0 aliphatic heterocycles. The van der Waals surface area contributed by atoms with Crippen LogP contribution in [0.25, 0.3) is 11.0 Å². The van der Waals surface area contributed by atoms with Crippen LogP contribution in [0.5, 0.6) is 0 Å². The third-order valence-corrected chi connectivity index (χ3v) is 3.83. The Balaban J connectivity index is 2.09. The van der Waals surface area contributed by atoms with Crippen molar-refractivity contribution in [1.82, 2.24) is 14.9 Å². The lowest BCUT2D eigenvalue weighted by atomic mass is 10.2. The highest BCUT2D eigenvalue weighted by Crippen LogP contribution is 2.24. The van der Waals surface area contributed by atoms with Crippen molar-refractivity contribution in [2.24, 2.45) is 0 Å². The van der Waals surface area contributed by atoms with Crippen molar-refractivity contribution in [2.75, 3.05) is 7.05 Å². The van der Waals surface area contributed by atoms with Crippen LogP contribution in [-0.2, 0) is 13.1 Å². The van der Waals surface area contributed by atoms with E-state index >= 15 is 0 Å². The van der Waals surface area contributed by atoms with Gasteiger partial charge in [0.1, 0.15) is 11.5 Å². The van der Waals surface area contributed by atoms with E-state index in [2.05, 4.69) is 10.3 Å². The van der Waals surface area contributed by atoms with Crippen LogP contribution < -0.4 is 5.32 Å². The van der Waals surface area contributed by atoms with Crippen molar-refractivity contribution >= 4 is 22.6 Å². The molecule has 0 saturated carbocycles. The Hall–Kier alpha value is -1.91. The highest BCUT2D eigenvalue weighted by atomic mass is 35.5. The lowest BCUT2D eigenvalue weighted by Crippen LogP contribution is -2.05. The number of nitrogens with zero attached hydrogens (tertiary/aromatic N) is 2. The molecule has 3 rings (SSSR count). The fourth-order valence-electron chi connectivity index (χ4n) is 2.50. The standard InChI is InChI=1S/C16H15ClFN3/c1-19-8-11-9-21(16-12(11)4-3-7-20-16)10-13-14(17)5-2-6-15(13)18/h2-7,9,19H,8,10H2,1H3. The molecule has 0 unspecified atom stereocenters. The summed E-state index contributed by atoms with van der Waals surface area (Å²) in [4.78, 5) is 4.41. The second kappa shape index (κ2) is 5.84. The third-order valence-electron chi connectivity index (χ3n) is 3.47. The number of aromatic nitrogens is 2. The fraction of sp³-hybridized carbons (Fsp3) is 0.188. The van der Waals surface area contributed by atoms with E-state index in [1.54, 1.807) is 18.3 Å². The molecule has 3 aromatic rings. The minimum Gasteiger partial charge on any atom is -0.328 e. The van der Waals surface area contributed by atoms with Gasteiger partial charge in [-0.25, -0.2) is 9.37 Å². The van der Waals surface area contributed by atoms with E-state index in [0.717, 1.165) is 23.1 Å². The molecule has 3 nitrogen and oxygen atoms in total. The van der Waals surface area contributed by atoms with E-state index in [9.17, 15) is 4.39 Å². The molecule has 21 heavy (non-hydrogen) atoms. The fourth-order valence-corrected chi connectivity index (χ4v) is 2.72. The third kappa shape index (κ3) is 2.64. The first-order valence-corrected chi connectivity index (χ1v) is 7.08. The summed E-state index contributed by atoms with van der Waals surface area (Å²) in [5, 5.41) is 4.64. The number of halogens is 2. The molecular formula is C16H15ClFN3. The Kier molecular flexibility index (Phi) is 3.90. The maximum Gasteiger partial charge on any atom is 0.140 e. The first kappa shape index (κ1) is 14.0. The first-order valence-electron chi connectivity index (χ1n) is 6.71.